The molecule has 2 rings (SSSR count). The highest BCUT2D eigenvalue weighted by Crippen LogP contribution is 2.15. The molecule has 0 bridgehead atoms. The predicted molar refractivity (Wildman–Crippen MR) is 75.8 cm³/mol. The molecule has 0 saturated heterocycles. The van der Waals surface area contributed by atoms with Crippen molar-refractivity contribution in [2.24, 2.45) is 0 Å². The Morgan fingerprint density at radius 3 is 2.61 bits per heavy atom. The van der Waals surface area contributed by atoms with Gasteiger partial charge in [0.1, 0.15) is 0 Å². The van der Waals surface area contributed by atoms with Crippen LogP contribution >= 0.6 is 11.6 Å². The predicted octanol–water partition coefficient (Wildman–Crippen LogP) is 3.63. The van der Waals surface area contributed by atoms with Crippen molar-refractivity contribution in [3.05, 3.63) is 64.9 Å². The van der Waals surface area contributed by atoms with Crippen LogP contribution in [0.3, 0.4) is 0 Å². The van der Waals surface area contributed by atoms with Crippen LogP contribution in [-0.4, -0.2) is 11.5 Å². The zero-order chi connectivity index (χ0) is 12.8. The summed E-state index contributed by atoms with van der Waals surface area (Å²) >= 11 is 5.87. The monoisotopic (exact) mass is 260 g/mol. The highest BCUT2D eigenvalue weighted by atomic mass is 35.5. The van der Waals surface area contributed by atoms with Crippen molar-refractivity contribution in [3.8, 4) is 0 Å². The molecule has 3 heteroatoms. The molecule has 0 spiro atoms. The molecule has 94 valence electrons. The van der Waals surface area contributed by atoms with Crippen LogP contribution in [-0.2, 0) is 6.42 Å². The molecule has 0 radical (unpaired) electrons. The molecule has 1 aromatic carbocycles. The molecule has 1 heterocycles. The maximum absolute atomic E-state index is 5.87. The van der Waals surface area contributed by atoms with Crippen molar-refractivity contribution in [2.45, 2.75) is 19.4 Å². The van der Waals surface area contributed by atoms with Gasteiger partial charge in [-0.1, -0.05) is 29.8 Å². The van der Waals surface area contributed by atoms with Gasteiger partial charge in [-0.05, 0) is 36.8 Å². The molecular formula is C15H17ClN2. The molecule has 0 aliphatic heterocycles. The Morgan fingerprint density at radius 1 is 1.17 bits per heavy atom. The van der Waals surface area contributed by atoms with Gasteiger partial charge in [-0.15, -0.1) is 0 Å². The first-order valence-electron chi connectivity index (χ1n) is 6.14. The summed E-state index contributed by atoms with van der Waals surface area (Å²) in [6.07, 6.45) is 2.77. The fourth-order valence-electron chi connectivity index (χ4n) is 1.83. The van der Waals surface area contributed by atoms with Crippen molar-refractivity contribution in [3.63, 3.8) is 0 Å². The van der Waals surface area contributed by atoms with Gasteiger partial charge < -0.3 is 5.32 Å². The average Bonchev–Trinajstić information content (AvgIpc) is 2.40. The highest BCUT2D eigenvalue weighted by Gasteiger charge is 2.04. The summed E-state index contributed by atoms with van der Waals surface area (Å²) < 4.78 is 0. The first-order chi connectivity index (χ1) is 8.75. The molecular weight excluding hydrogens is 244 g/mol. The summed E-state index contributed by atoms with van der Waals surface area (Å²) in [6.45, 7) is 3.07. The Hall–Kier alpha value is -1.38. The third kappa shape index (κ3) is 3.83. The minimum Gasteiger partial charge on any atom is -0.310 e. The Bertz CT molecular complexity index is 468. The molecule has 0 aliphatic carbocycles. The Kier molecular flexibility index (Phi) is 4.73. The van der Waals surface area contributed by atoms with Crippen LogP contribution in [0.25, 0.3) is 0 Å². The normalized spacial score (nSPS) is 12.3. The van der Waals surface area contributed by atoms with Crippen molar-refractivity contribution < 1.29 is 0 Å². The minimum atomic E-state index is 0.325. The van der Waals surface area contributed by atoms with Gasteiger partial charge in [0.2, 0.25) is 0 Å². The van der Waals surface area contributed by atoms with Crippen molar-refractivity contribution in [1.29, 1.82) is 0 Å². The summed E-state index contributed by atoms with van der Waals surface area (Å²) in [7, 11) is 0. The maximum Gasteiger partial charge on any atom is 0.0416 e. The molecule has 1 N–H and O–H groups in total. The lowest BCUT2D eigenvalue weighted by atomic mass is 10.1. The molecule has 0 amide bonds. The molecule has 1 aromatic heterocycles. The number of aromatic nitrogens is 1. The molecule has 18 heavy (non-hydrogen) atoms. The fraction of sp³-hybridized carbons (Fsp3) is 0.267. The molecule has 1 atom stereocenters. The maximum atomic E-state index is 5.87. The third-order valence-corrected chi connectivity index (χ3v) is 3.18. The van der Waals surface area contributed by atoms with Crippen LogP contribution in [0.5, 0.6) is 0 Å². The van der Waals surface area contributed by atoms with E-state index in [2.05, 4.69) is 35.4 Å². The highest BCUT2D eigenvalue weighted by molar-refractivity contribution is 6.30. The van der Waals surface area contributed by atoms with Gasteiger partial charge in [-0.25, -0.2) is 0 Å². The van der Waals surface area contributed by atoms with E-state index in [1.54, 1.807) is 0 Å². The summed E-state index contributed by atoms with van der Waals surface area (Å²) in [4.78, 5) is 4.30. The van der Waals surface area contributed by atoms with Crippen LogP contribution in [0.15, 0.2) is 48.7 Å². The van der Waals surface area contributed by atoms with Crippen LogP contribution in [0.2, 0.25) is 5.02 Å². The third-order valence-electron chi connectivity index (χ3n) is 2.93. The Labute approximate surface area is 113 Å². The topological polar surface area (TPSA) is 24.9 Å². The minimum absolute atomic E-state index is 0.325. The van der Waals surface area contributed by atoms with Crippen molar-refractivity contribution in [1.82, 2.24) is 10.3 Å². The lowest BCUT2D eigenvalue weighted by Crippen LogP contribution is -2.21. The van der Waals surface area contributed by atoms with Gasteiger partial charge in [-0.2, -0.15) is 0 Å². The number of hydrogen-bond acceptors (Lipinski definition) is 2. The molecule has 0 unspecified atom stereocenters. The summed E-state index contributed by atoms with van der Waals surface area (Å²) in [6, 6.07) is 14.3. The number of rotatable bonds is 5. The van der Waals surface area contributed by atoms with Crippen LogP contribution in [0.1, 0.15) is 24.2 Å². The second kappa shape index (κ2) is 6.53. The quantitative estimate of drug-likeness (QED) is 0.888. The first-order valence-corrected chi connectivity index (χ1v) is 6.52. The van der Waals surface area contributed by atoms with Gasteiger partial charge in [0, 0.05) is 35.9 Å². The molecule has 2 aromatic rings. The van der Waals surface area contributed by atoms with Crippen molar-refractivity contribution in [2.75, 3.05) is 6.54 Å². The zero-order valence-corrected chi connectivity index (χ0v) is 11.2. The first kappa shape index (κ1) is 13.1. The van der Waals surface area contributed by atoms with E-state index in [4.69, 9.17) is 11.6 Å². The second-order valence-corrected chi connectivity index (χ2v) is 4.73. The number of nitrogens with one attached hydrogen (secondary N) is 1. The molecule has 2 nitrogen and oxygen atoms in total. The van der Waals surface area contributed by atoms with Crippen LogP contribution in [0.4, 0.5) is 0 Å². The number of hydrogen-bond donors (Lipinski definition) is 1. The van der Waals surface area contributed by atoms with Gasteiger partial charge >= 0.3 is 0 Å². The number of pyridine rings is 1. The van der Waals surface area contributed by atoms with Crippen LogP contribution in [0, 0.1) is 0 Å². The zero-order valence-electron chi connectivity index (χ0n) is 10.4. The van der Waals surface area contributed by atoms with E-state index in [0.717, 1.165) is 23.7 Å². The van der Waals surface area contributed by atoms with E-state index in [1.807, 2.05) is 30.5 Å². The molecule has 0 fully saturated rings. The summed E-state index contributed by atoms with van der Waals surface area (Å²) in [5.41, 5.74) is 2.37. The van der Waals surface area contributed by atoms with Crippen molar-refractivity contribution >= 4 is 11.6 Å². The van der Waals surface area contributed by atoms with Gasteiger partial charge in [0.25, 0.3) is 0 Å². The van der Waals surface area contributed by atoms with Gasteiger partial charge in [-0.3, -0.25) is 4.98 Å². The van der Waals surface area contributed by atoms with Gasteiger partial charge in [0.05, 0.1) is 0 Å². The molecule has 0 saturated carbocycles. The van der Waals surface area contributed by atoms with E-state index < -0.39 is 0 Å². The average molecular weight is 261 g/mol. The largest absolute Gasteiger partial charge is 0.310 e. The number of nitrogens with zero attached hydrogens (tertiary/aromatic N) is 1. The second-order valence-electron chi connectivity index (χ2n) is 4.30. The van der Waals surface area contributed by atoms with Gasteiger partial charge in [0.15, 0.2) is 0 Å². The van der Waals surface area contributed by atoms with E-state index >= 15 is 0 Å². The van der Waals surface area contributed by atoms with E-state index in [0.29, 0.717) is 6.04 Å². The SMILES string of the molecule is C[C@H](NCCc1ccccn1)c1ccc(Cl)cc1. The number of halogens is 1. The Morgan fingerprint density at radius 2 is 1.94 bits per heavy atom. The lowest BCUT2D eigenvalue weighted by Gasteiger charge is -2.14. The van der Waals surface area contributed by atoms with Crippen LogP contribution < -0.4 is 5.32 Å². The van der Waals surface area contributed by atoms with E-state index in [9.17, 15) is 0 Å². The lowest BCUT2D eigenvalue weighted by molar-refractivity contribution is 0.574. The Balaban J connectivity index is 1.81. The summed E-state index contributed by atoms with van der Waals surface area (Å²) in [5.74, 6) is 0. The van der Waals surface area contributed by atoms with E-state index in [-0.39, 0.29) is 0 Å². The molecule has 0 aliphatic rings. The number of benzene rings is 1. The van der Waals surface area contributed by atoms with E-state index in [1.165, 1.54) is 5.56 Å². The smallest absolute Gasteiger partial charge is 0.0416 e. The fourth-order valence-corrected chi connectivity index (χ4v) is 1.96. The standard InChI is InChI=1S/C15H17ClN2/c1-12(13-5-7-14(16)8-6-13)17-11-9-15-4-2-3-10-18-15/h2-8,10,12,17H,9,11H2,1H3/t12-/m0/s1. The summed E-state index contributed by atoms with van der Waals surface area (Å²) in [5, 5.41) is 4.26.